The number of carbonyl (C=O) groups is 3. The summed E-state index contributed by atoms with van der Waals surface area (Å²) >= 11 is 0. The summed E-state index contributed by atoms with van der Waals surface area (Å²) in [5.74, 6) is -2.60. The van der Waals surface area contributed by atoms with Gasteiger partial charge in [-0.15, -0.1) is 0 Å². The van der Waals surface area contributed by atoms with E-state index in [0.717, 1.165) is 6.08 Å². The molecule has 0 aromatic heterocycles. The minimum atomic E-state index is -1.21. The van der Waals surface area contributed by atoms with Crippen molar-refractivity contribution in [3.8, 4) is 0 Å². The Kier molecular flexibility index (Phi) is 6.13. The zero-order valence-electron chi connectivity index (χ0n) is 11.6. The molecule has 1 aromatic carbocycles. The van der Waals surface area contributed by atoms with Gasteiger partial charge in [-0.05, 0) is 18.6 Å². The first-order chi connectivity index (χ1) is 9.99. The van der Waals surface area contributed by atoms with Crippen molar-refractivity contribution in [1.29, 1.82) is 0 Å². The molecule has 0 amide bonds. The van der Waals surface area contributed by atoms with Crippen LogP contribution in [0.3, 0.4) is 0 Å². The van der Waals surface area contributed by atoms with E-state index in [1.165, 1.54) is 18.2 Å². The van der Waals surface area contributed by atoms with E-state index < -0.39 is 24.0 Å². The summed E-state index contributed by atoms with van der Waals surface area (Å²) in [4.78, 5) is 34.0. The first kappa shape index (κ1) is 16.4. The molecule has 1 N–H and O–H groups in total. The number of esters is 2. The van der Waals surface area contributed by atoms with Crippen LogP contribution in [0.2, 0.25) is 0 Å². The van der Waals surface area contributed by atoms with Crippen molar-refractivity contribution in [1.82, 2.24) is 0 Å². The van der Waals surface area contributed by atoms with E-state index in [-0.39, 0.29) is 17.7 Å². The van der Waals surface area contributed by atoms with E-state index in [0.29, 0.717) is 6.42 Å². The predicted molar refractivity (Wildman–Crippen MR) is 74.1 cm³/mol. The highest BCUT2D eigenvalue weighted by atomic mass is 16.6. The average Bonchev–Trinajstić information content (AvgIpc) is 2.50. The maximum atomic E-state index is 12.0. The quantitative estimate of drug-likeness (QED) is 0.611. The van der Waals surface area contributed by atoms with Crippen LogP contribution < -0.4 is 0 Å². The average molecular weight is 292 g/mol. The zero-order valence-corrected chi connectivity index (χ0v) is 11.6. The van der Waals surface area contributed by atoms with Gasteiger partial charge in [-0.2, -0.15) is 0 Å². The molecule has 0 saturated heterocycles. The van der Waals surface area contributed by atoms with Gasteiger partial charge in [0.15, 0.2) is 0 Å². The number of carboxylic acids is 1. The molecule has 6 heteroatoms. The highest BCUT2D eigenvalue weighted by molar-refractivity contribution is 6.02. The lowest BCUT2D eigenvalue weighted by Gasteiger charge is -2.16. The minimum Gasteiger partial charge on any atom is -0.478 e. The van der Waals surface area contributed by atoms with Crippen LogP contribution in [0.15, 0.2) is 36.9 Å². The summed E-state index contributed by atoms with van der Waals surface area (Å²) in [5, 5.41) is 9.03. The van der Waals surface area contributed by atoms with Crippen molar-refractivity contribution in [3.05, 3.63) is 48.0 Å². The van der Waals surface area contributed by atoms with E-state index in [2.05, 4.69) is 6.58 Å². The maximum absolute atomic E-state index is 12.0. The van der Waals surface area contributed by atoms with Crippen LogP contribution in [0, 0.1) is 0 Å². The van der Waals surface area contributed by atoms with Crippen molar-refractivity contribution in [2.24, 2.45) is 0 Å². The zero-order chi connectivity index (χ0) is 15.8. The van der Waals surface area contributed by atoms with Gasteiger partial charge in [-0.1, -0.05) is 25.6 Å². The van der Waals surface area contributed by atoms with Crippen LogP contribution in [0.25, 0.3) is 0 Å². The molecule has 112 valence electrons. The van der Waals surface area contributed by atoms with Crippen molar-refractivity contribution < 1.29 is 29.0 Å². The molecule has 1 atom stereocenters. The lowest BCUT2D eigenvalue weighted by Crippen LogP contribution is -2.25. The normalized spacial score (nSPS) is 11.3. The number of benzene rings is 1. The summed E-state index contributed by atoms with van der Waals surface area (Å²) in [7, 11) is 0. The summed E-state index contributed by atoms with van der Waals surface area (Å²) < 4.78 is 9.97. The lowest BCUT2D eigenvalue weighted by atomic mass is 10.1. The van der Waals surface area contributed by atoms with Crippen LogP contribution in [-0.2, 0) is 14.3 Å². The van der Waals surface area contributed by atoms with Gasteiger partial charge in [0.25, 0.3) is 0 Å². The third-order valence-corrected chi connectivity index (χ3v) is 2.68. The van der Waals surface area contributed by atoms with Gasteiger partial charge in [-0.3, -0.25) is 0 Å². The van der Waals surface area contributed by atoms with E-state index in [4.69, 9.17) is 14.6 Å². The Balaban J connectivity index is 2.77. The number of aromatic carboxylic acids is 1. The van der Waals surface area contributed by atoms with Crippen LogP contribution in [0.1, 0.15) is 34.1 Å². The predicted octanol–water partition coefficient (Wildman–Crippen LogP) is 2.05. The van der Waals surface area contributed by atoms with Gasteiger partial charge in [0.2, 0.25) is 0 Å². The summed E-state index contributed by atoms with van der Waals surface area (Å²) in [6, 6.07) is 5.75. The molecule has 0 radical (unpaired) electrons. The molecule has 1 rings (SSSR count). The molecule has 0 aliphatic heterocycles. The first-order valence-electron chi connectivity index (χ1n) is 6.32. The monoisotopic (exact) mass is 292 g/mol. The van der Waals surface area contributed by atoms with Gasteiger partial charge in [0, 0.05) is 6.08 Å². The second-order valence-corrected chi connectivity index (χ2v) is 4.12. The van der Waals surface area contributed by atoms with Gasteiger partial charge < -0.3 is 14.6 Å². The summed E-state index contributed by atoms with van der Waals surface area (Å²) in [6.45, 7) is 4.90. The standard InChI is InChI=1S/C15H16O6/c1-3-10(9-20-13(16)4-2)21-15(19)12-8-6-5-7-11(12)14(17)18/h4-8,10H,2-3,9H2,1H3,(H,17,18). The molecular weight excluding hydrogens is 276 g/mol. The fraction of sp³-hybridized carbons (Fsp3) is 0.267. The number of hydrogen-bond donors (Lipinski definition) is 1. The van der Waals surface area contributed by atoms with Gasteiger partial charge >= 0.3 is 17.9 Å². The fourth-order valence-corrected chi connectivity index (χ4v) is 1.53. The topological polar surface area (TPSA) is 89.9 Å². The Morgan fingerprint density at radius 3 is 2.43 bits per heavy atom. The maximum Gasteiger partial charge on any atom is 0.339 e. The summed E-state index contributed by atoms with van der Waals surface area (Å²) in [5.41, 5.74) is -0.182. The van der Waals surface area contributed by atoms with Crippen molar-refractivity contribution >= 4 is 17.9 Å². The minimum absolute atomic E-state index is 0.0431. The highest BCUT2D eigenvalue weighted by Gasteiger charge is 2.20. The van der Waals surface area contributed by atoms with Crippen LogP contribution in [0.5, 0.6) is 0 Å². The summed E-state index contributed by atoms with van der Waals surface area (Å²) in [6.07, 6.45) is 0.780. The van der Waals surface area contributed by atoms with Crippen molar-refractivity contribution in [2.45, 2.75) is 19.4 Å². The first-order valence-corrected chi connectivity index (χ1v) is 6.32. The second kappa shape index (κ2) is 7.84. The van der Waals surface area contributed by atoms with Crippen molar-refractivity contribution in [2.75, 3.05) is 6.61 Å². The second-order valence-electron chi connectivity index (χ2n) is 4.12. The van der Waals surface area contributed by atoms with Gasteiger partial charge in [0.05, 0.1) is 11.1 Å². The van der Waals surface area contributed by atoms with Gasteiger partial charge in [0.1, 0.15) is 12.7 Å². The molecule has 0 fully saturated rings. The molecule has 0 aliphatic carbocycles. The number of carboxylic acid groups (broad SMARTS) is 1. The van der Waals surface area contributed by atoms with Crippen LogP contribution in [-0.4, -0.2) is 35.7 Å². The Labute approximate surface area is 122 Å². The SMILES string of the molecule is C=CC(=O)OCC(CC)OC(=O)c1ccccc1C(=O)O. The van der Waals surface area contributed by atoms with E-state index in [1.807, 2.05) is 0 Å². The molecule has 0 aliphatic rings. The molecule has 0 heterocycles. The van der Waals surface area contributed by atoms with E-state index in [1.54, 1.807) is 13.0 Å². The molecule has 6 nitrogen and oxygen atoms in total. The molecule has 0 bridgehead atoms. The number of carbonyl (C=O) groups excluding carboxylic acids is 2. The number of rotatable bonds is 7. The Bertz CT molecular complexity index is 549. The molecule has 21 heavy (non-hydrogen) atoms. The third-order valence-electron chi connectivity index (χ3n) is 2.68. The largest absolute Gasteiger partial charge is 0.478 e. The Morgan fingerprint density at radius 1 is 1.29 bits per heavy atom. The Morgan fingerprint density at radius 2 is 1.90 bits per heavy atom. The molecule has 0 spiro atoms. The molecular formula is C15H16O6. The molecule has 0 saturated carbocycles. The van der Waals surface area contributed by atoms with E-state index in [9.17, 15) is 14.4 Å². The van der Waals surface area contributed by atoms with E-state index >= 15 is 0 Å². The fourth-order valence-electron chi connectivity index (χ4n) is 1.53. The van der Waals surface area contributed by atoms with Crippen LogP contribution in [0.4, 0.5) is 0 Å². The number of ether oxygens (including phenoxy) is 2. The lowest BCUT2D eigenvalue weighted by molar-refractivity contribution is -0.140. The third kappa shape index (κ3) is 4.76. The van der Waals surface area contributed by atoms with Gasteiger partial charge in [-0.25, -0.2) is 14.4 Å². The Hall–Kier alpha value is -2.63. The number of hydrogen-bond acceptors (Lipinski definition) is 5. The molecule has 1 aromatic rings. The smallest absolute Gasteiger partial charge is 0.339 e. The van der Waals surface area contributed by atoms with Crippen molar-refractivity contribution in [3.63, 3.8) is 0 Å². The highest BCUT2D eigenvalue weighted by Crippen LogP contribution is 2.12. The molecule has 1 unspecified atom stereocenters. The van der Waals surface area contributed by atoms with Crippen LogP contribution >= 0.6 is 0 Å².